The molecule has 0 radical (unpaired) electrons. The van der Waals surface area contributed by atoms with E-state index in [-0.39, 0.29) is 0 Å². The summed E-state index contributed by atoms with van der Waals surface area (Å²) in [4.78, 5) is 0. The SMILES string of the molecule is Fc1ccc(F)c(CNCc2ccc(CCl)cc2)c1. The summed E-state index contributed by atoms with van der Waals surface area (Å²) in [5.41, 5.74) is 2.46. The summed E-state index contributed by atoms with van der Waals surface area (Å²) >= 11 is 5.70. The van der Waals surface area contributed by atoms with Gasteiger partial charge in [0.2, 0.25) is 0 Å². The van der Waals surface area contributed by atoms with Crippen molar-refractivity contribution in [2.75, 3.05) is 0 Å². The number of nitrogens with one attached hydrogen (secondary N) is 1. The minimum Gasteiger partial charge on any atom is -0.309 e. The molecule has 2 aromatic rings. The lowest BCUT2D eigenvalue weighted by atomic mass is 10.1. The summed E-state index contributed by atoms with van der Waals surface area (Å²) in [6, 6.07) is 11.3. The highest BCUT2D eigenvalue weighted by Crippen LogP contribution is 2.10. The maximum Gasteiger partial charge on any atom is 0.127 e. The van der Waals surface area contributed by atoms with E-state index < -0.39 is 11.6 Å². The first-order valence-electron chi connectivity index (χ1n) is 5.97. The van der Waals surface area contributed by atoms with Gasteiger partial charge in [-0.1, -0.05) is 24.3 Å². The van der Waals surface area contributed by atoms with Gasteiger partial charge in [0, 0.05) is 24.5 Å². The smallest absolute Gasteiger partial charge is 0.127 e. The van der Waals surface area contributed by atoms with E-state index in [0.717, 1.165) is 23.3 Å². The molecular weight excluding hydrogens is 268 g/mol. The van der Waals surface area contributed by atoms with Crippen LogP contribution in [0.1, 0.15) is 16.7 Å². The van der Waals surface area contributed by atoms with Crippen molar-refractivity contribution in [2.45, 2.75) is 19.0 Å². The fourth-order valence-corrected chi connectivity index (χ4v) is 1.94. The molecule has 0 bridgehead atoms. The van der Waals surface area contributed by atoms with E-state index in [0.29, 0.717) is 24.5 Å². The Morgan fingerprint density at radius 3 is 2.26 bits per heavy atom. The van der Waals surface area contributed by atoms with Crippen molar-refractivity contribution in [1.82, 2.24) is 5.32 Å². The highest BCUT2D eigenvalue weighted by atomic mass is 35.5. The summed E-state index contributed by atoms with van der Waals surface area (Å²) in [6.07, 6.45) is 0. The predicted octanol–water partition coefficient (Wildman–Crippen LogP) is 3.99. The fourth-order valence-electron chi connectivity index (χ4n) is 1.77. The maximum absolute atomic E-state index is 13.4. The molecule has 0 aliphatic heterocycles. The van der Waals surface area contributed by atoms with Crippen LogP contribution in [-0.2, 0) is 19.0 Å². The van der Waals surface area contributed by atoms with Crippen LogP contribution < -0.4 is 5.32 Å². The molecule has 2 aromatic carbocycles. The molecule has 0 saturated carbocycles. The highest BCUT2D eigenvalue weighted by Gasteiger charge is 2.03. The summed E-state index contributed by atoms with van der Waals surface area (Å²) in [6.45, 7) is 0.888. The molecule has 0 amide bonds. The zero-order valence-electron chi connectivity index (χ0n) is 10.3. The van der Waals surface area contributed by atoms with Crippen molar-refractivity contribution < 1.29 is 8.78 Å². The third-order valence-electron chi connectivity index (χ3n) is 2.83. The van der Waals surface area contributed by atoms with Crippen LogP contribution in [-0.4, -0.2) is 0 Å². The summed E-state index contributed by atoms with van der Waals surface area (Å²) in [5, 5.41) is 3.08. The van der Waals surface area contributed by atoms with E-state index in [1.54, 1.807) is 0 Å². The Labute approximate surface area is 116 Å². The van der Waals surface area contributed by atoms with Crippen LogP contribution in [0.15, 0.2) is 42.5 Å². The Morgan fingerprint density at radius 1 is 0.895 bits per heavy atom. The van der Waals surface area contributed by atoms with Crippen molar-refractivity contribution in [3.05, 3.63) is 70.8 Å². The molecule has 1 nitrogen and oxygen atoms in total. The van der Waals surface area contributed by atoms with Crippen LogP contribution in [0.25, 0.3) is 0 Å². The molecule has 0 aliphatic rings. The molecular formula is C15H14ClF2N. The first-order chi connectivity index (χ1) is 9.19. The lowest BCUT2D eigenvalue weighted by Crippen LogP contribution is -2.13. The van der Waals surface area contributed by atoms with Crippen LogP contribution in [0.5, 0.6) is 0 Å². The second-order valence-electron chi connectivity index (χ2n) is 4.29. The van der Waals surface area contributed by atoms with Crippen LogP contribution >= 0.6 is 11.6 Å². The maximum atomic E-state index is 13.4. The van der Waals surface area contributed by atoms with E-state index in [1.807, 2.05) is 24.3 Å². The van der Waals surface area contributed by atoms with Crippen molar-refractivity contribution in [1.29, 1.82) is 0 Å². The van der Waals surface area contributed by atoms with Crippen molar-refractivity contribution in [3.8, 4) is 0 Å². The first kappa shape index (κ1) is 14.0. The fraction of sp³-hybridized carbons (Fsp3) is 0.200. The zero-order valence-corrected chi connectivity index (χ0v) is 11.1. The van der Waals surface area contributed by atoms with E-state index in [9.17, 15) is 8.78 Å². The Balaban J connectivity index is 1.90. The number of halogens is 3. The Morgan fingerprint density at radius 2 is 1.58 bits per heavy atom. The van der Waals surface area contributed by atoms with E-state index in [2.05, 4.69) is 5.32 Å². The van der Waals surface area contributed by atoms with Gasteiger partial charge in [-0.2, -0.15) is 0 Å². The number of rotatable bonds is 5. The van der Waals surface area contributed by atoms with E-state index in [4.69, 9.17) is 11.6 Å². The molecule has 0 saturated heterocycles. The molecule has 0 unspecified atom stereocenters. The average Bonchev–Trinajstić information content (AvgIpc) is 2.43. The van der Waals surface area contributed by atoms with Crippen LogP contribution in [0.3, 0.4) is 0 Å². The van der Waals surface area contributed by atoms with Gasteiger partial charge in [0.25, 0.3) is 0 Å². The molecule has 19 heavy (non-hydrogen) atoms. The van der Waals surface area contributed by atoms with Crippen LogP contribution in [0.2, 0.25) is 0 Å². The van der Waals surface area contributed by atoms with E-state index >= 15 is 0 Å². The minimum atomic E-state index is -0.426. The van der Waals surface area contributed by atoms with Crippen molar-refractivity contribution in [2.24, 2.45) is 0 Å². The monoisotopic (exact) mass is 281 g/mol. The lowest BCUT2D eigenvalue weighted by molar-refractivity contribution is 0.568. The Bertz CT molecular complexity index is 540. The highest BCUT2D eigenvalue weighted by molar-refractivity contribution is 6.17. The third kappa shape index (κ3) is 4.01. The first-order valence-corrected chi connectivity index (χ1v) is 6.51. The average molecular weight is 282 g/mol. The standard InChI is InChI=1S/C15H14ClF2N/c16-8-11-1-3-12(4-2-11)9-19-10-13-7-14(17)5-6-15(13)18/h1-7,19H,8-10H2. The molecule has 0 aliphatic carbocycles. The number of hydrogen-bond donors (Lipinski definition) is 1. The topological polar surface area (TPSA) is 12.0 Å². The van der Waals surface area contributed by atoms with Crippen molar-refractivity contribution >= 4 is 11.6 Å². The molecule has 1 N–H and O–H groups in total. The van der Waals surface area contributed by atoms with Gasteiger partial charge >= 0.3 is 0 Å². The second kappa shape index (κ2) is 6.64. The normalized spacial score (nSPS) is 10.7. The van der Waals surface area contributed by atoms with Crippen molar-refractivity contribution in [3.63, 3.8) is 0 Å². The summed E-state index contributed by atoms with van der Waals surface area (Å²) < 4.78 is 26.3. The summed E-state index contributed by atoms with van der Waals surface area (Å²) in [7, 11) is 0. The Hall–Kier alpha value is -1.45. The van der Waals surface area contributed by atoms with Gasteiger partial charge in [-0.05, 0) is 29.3 Å². The van der Waals surface area contributed by atoms with Crippen LogP contribution in [0, 0.1) is 11.6 Å². The van der Waals surface area contributed by atoms with Gasteiger partial charge in [-0.25, -0.2) is 8.78 Å². The van der Waals surface area contributed by atoms with Gasteiger partial charge in [0.1, 0.15) is 11.6 Å². The molecule has 0 aromatic heterocycles. The molecule has 0 fully saturated rings. The largest absolute Gasteiger partial charge is 0.309 e. The molecule has 100 valence electrons. The molecule has 0 heterocycles. The quantitative estimate of drug-likeness (QED) is 0.817. The molecule has 0 atom stereocenters. The Kier molecular flexibility index (Phi) is 4.88. The molecule has 4 heteroatoms. The zero-order chi connectivity index (χ0) is 13.7. The van der Waals surface area contributed by atoms with Crippen LogP contribution in [0.4, 0.5) is 8.78 Å². The van der Waals surface area contributed by atoms with Gasteiger partial charge in [0.15, 0.2) is 0 Å². The van der Waals surface area contributed by atoms with Gasteiger partial charge in [-0.3, -0.25) is 0 Å². The number of hydrogen-bond acceptors (Lipinski definition) is 1. The molecule has 2 rings (SSSR count). The summed E-state index contributed by atoms with van der Waals surface area (Å²) in [5.74, 6) is -0.335. The second-order valence-corrected chi connectivity index (χ2v) is 4.56. The van der Waals surface area contributed by atoms with Gasteiger partial charge in [-0.15, -0.1) is 11.6 Å². The van der Waals surface area contributed by atoms with Gasteiger partial charge < -0.3 is 5.32 Å². The number of benzene rings is 2. The van der Waals surface area contributed by atoms with E-state index in [1.165, 1.54) is 6.07 Å². The third-order valence-corrected chi connectivity index (χ3v) is 3.14. The minimum absolute atomic E-state index is 0.293. The van der Waals surface area contributed by atoms with Gasteiger partial charge in [0.05, 0.1) is 0 Å². The lowest BCUT2D eigenvalue weighted by Gasteiger charge is -2.07. The molecule has 0 spiro atoms. The predicted molar refractivity (Wildman–Crippen MR) is 72.9 cm³/mol. The number of alkyl halides is 1.